The molecule has 0 aromatic carbocycles. The minimum Gasteiger partial charge on any atom is -0.369 e. The smallest absolute Gasteiger partial charge is 0.256 e. The Bertz CT molecular complexity index is 727. The van der Waals surface area contributed by atoms with E-state index in [1.165, 1.54) is 6.20 Å². The van der Waals surface area contributed by atoms with Crippen LogP contribution in [-0.4, -0.2) is 32.0 Å². The summed E-state index contributed by atoms with van der Waals surface area (Å²) in [6, 6.07) is -0.268. The summed E-state index contributed by atoms with van der Waals surface area (Å²) < 4.78 is 3.47. The van der Waals surface area contributed by atoms with Gasteiger partial charge in [-0.1, -0.05) is 12.2 Å². The number of rotatable bonds is 3. The number of nitrogens with two attached hydrogens (primary N) is 1. The second kappa shape index (κ2) is 5.08. The van der Waals surface area contributed by atoms with Crippen molar-refractivity contribution in [3.05, 3.63) is 36.3 Å². The Morgan fingerprint density at radius 1 is 1.33 bits per heavy atom. The van der Waals surface area contributed by atoms with Crippen LogP contribution >= 0.6 is 0 Å². The monoisotopic (exact) mass is 287 g/mol. The van der Waals surface area contributed by atoms with Crippen molar-refractivity contribution in [2.75, 3.05) is 0 Å². The number of hydrogen-bond acceptors (Lipinski definition) is 3. The summed E-state index contributed by atoms with van der Waals surface area (Å²) in [6.45, 7) is 0. The molecule has 0 bridgehead atoms. The van der Waals surface area contributed by atoms with Crippen molar-refractivity contribution in [2.24, 2.45) is 18.7 Å². The average molecular weight is 287 g/mol. The molecule has 7 nitrogen and oxygen atoms in total. The molecule has 3 rings (SSSR count). The highest BCUT2D eigenvalue weighted by atomic mass is 16.2. The molecular weight excluding hydrogens is 270 g/mol. The van der Waals surface area contributed by atoms with E-state index < -0.39 is 0 Å². The zero-order valence-electron chi connectivity index (χ0n) is 11.7. The van der Waals surface area contributed by atoms with Crippen LogP contribution in [0.2, 0.25) is 0 Å². The van der Waals surface area contributed by atoms with Crippen LogP contribution in [-0.2, 0) is 11.8 Å². The molecule has 0 saturated carbocycles. The van der Waals surface area contributed by atoms with E-state index in [9.17, 15) is 9.59 Å². The molecule has 2 heterocycles. The highest BCUT2D eigenvalue weighted by Gasteiger charge is 2.29. The highest BCUT2D eigenvalue weighted by molar-refractivity contribution is 6.00. The standard InChI is InChI=1S/C14H17N5O2/c1-18-6-7-19-14(18)10(8-16-19)13(21)17-11-5-3-2-4-9(11)12(15)20/h2-3,6-9,11H,4-5H2,1H3,(H2,15,20)(H,17,21)/t9-,11-/m1/s1. The summed E-state index contributed by atoms with van der Waals surface area (Å²) in [5.74, 6) is -0.986. The number of primary amides is 1. The molecular formula is C14H17N5O2. The lowest BCUT2D eigenvalue weighted by Gasteiger charge is -2.26. The number of amides is 2. The van der Waals surface area contributed by atoms with Crippen molar-refractivity contribution in [3.63, 3.8) is 0 Å². The van der Waals surface area contributed by atoms with Gasteiger partial charge in [0.1, 0.15) is 11.2 Å². The topological polar surface area (TPSA) is 94.4 Å². The second-order valence-corrected chi connectivity index (χ2v) is 5.27. The first-order chi connectivity index (χ1) is 10.1. The minimum absolute atomic E-state index is 0.238. The lowest BCUT2D eigenvalue weighted by molar-refractivity contribution is -0.122. The fraction of sp³-hybridized carbons (Fsp3) is 0.357. The van der Waals surface area contributed by atoms with Crippen LogP contribution in [0.25, 0.3) is 5.65 Å². The third-order valence-corrected chi connectivity index (χ3v) is 3.89. The third kappa shape index (κ3) is 2.31. The van der Waals surface area contributed by atoms with Crippen LogP contribution < -0.4 is 11.1 Å². The quantitative estimate of drug-likeness (QED) is 0.791. The predicted octanol–water partition coefficient (Wildman–Crippen LogP) is 0.223. The Kier molecular flexibility index (Phi) is 3.25. The van der Waals surface area contributed by atoms with E-state index in [-0.39, 0.29) is 23.8 Å². The lowest BCUT2D eigenvalue weighted by atomic mass is 9.88. The van der Waals surface area contributed by atoms with Gasteiger partial charge in [0.25, 0.3) is 5.91 Å². The molecule has 3 N–H and O–H groups in total. The number of hydrogen-bond donors (Lipinski definition) is 2. The number of imidazole rings is 1. The number of carbonyl (C=O) groups is 2. The Hall–Kier alpha value is -2.57. The maximum Gasteiger partial charge on any atom is 0.256 e. The van der Waals surface area contributed by atoms with Gasteiger partial charge in [-0.05, 0) is 12.8 Å². The molecule has 110 valence electrons. The highest BCUT2D eigenvalue weighted by Crippen LogP contribution is 2.20. The summed E-state index contributed by atoms with van der Waals surface area (Å²) in [5, 5.41) is 7.04. The SMILES string of the molecule is Cn1ccn2ncc(C(=O)N[C@@H]3CC=CC[C@H]3C(N)=O)c12. The molecule has 0 aliphatic heterocycles. The lowest BCUT2D eigenvalue weighted by Crippen LogP contribution is -2.46. The fourth-order valence-corrected chi connectivity index (χ4v) is 2.74. The van der Waals surface area contributed by atoms with E-state index in [0.717, 1.165) is 5.65 Å². The van der Waals surface area contributed by atoms with E-state index in [2.05, 4.69) is 10.4 Å². The first-order valence-electron chi connectivity index (χ1n) is 6.81. The summed E-state index contributed by atoms with van der Waals surface area (Å²) in [7, 11) is 1.85. The molecule has 0 radical (unpaired) electrons. The van der Waals surface area contributed by atoms with Crippen molar-refractivity contribution < 1.29 is 9.59 Å². The van der Waals surface area contributed by atoms with Crippen molar-refractivity contribution in [3.8, 4) is 0 Å². The average Bonchev–Trinajstić information content (AvgIpc) is 3.03. The van der Waals surface area contributed by atoms with E-state index in [0.29, 0.717) is 18.4 Å². The van der Waals surface area contributed by atoms with Gasteiger partial charge in [0.2, 0.25) is 5.91 Å². The predicted molar refractivity (Wildman–Crippen MR) is 76.5 cm³/mol. The van der Waals surface area contributed by atoms with E-state index >= 15 is 0 Å². The molecule has 2 amide bonds. The number of carbonyl (C=O) groups excluding carboxylic acids is 2. The number of nitrogens with one attached hydrogen (secondary N) is 1. The Balaban J connectivity index is 1.84. The maximum absolute atomic E-state index is 12.5. The molecule has 2 aromatic rings. The molecule has 2 atom stereocenters. The zero-order chi connectivity index (χ0) is 15.0. The Labute approximate surface area is 121 Å². The van der Waals surface area contributed by atoms with Crippen molar-refractivity contribution in [1.29, 1.82) is 0 Å². The van der Waals surface area contributed by atoms with Crippen LogP contribution in [0.3, 0.4) is 0 Å². The number of fused-ring (bicyclic) bond motifs is 1. The number of aromatic nitrogens is 3. The van der Waals surface area contributed by atoms with E-state index in [1.54, 1.807) is 10.7 Å². The van der Waals surface area contributed by atoms with Crippen LogP contribution in [0.4, 0.5) is 0 Å². The van der Waals surface area contributed by atoms with Gasteiger partial charge >= 0.3 is 0 Å². The molecule has 7 heteroatoms. The first-order valence-corrected chi connectivity index (χ1v) is 6.81. The zero-order valence-corrected chi connectivity index (χ0v) is 11.7. The van der Waals surface area contributed by atoms with Gasteiger partial charge in [-0.15, -0.1) is 0 Å². The second-order valence-electron chi connectivity index (χ2n) is 5.27. The molecule has 2 aromatic heterocycles. The normalized spacial score (nSPS) is 21.6. The molecule has 0 spiro atoms. The molecule has 1 aliphatic rings. The Morgan fingerprint density at radius 2 is 2.10 bits per heavy atom. The van der Waals surface area contributed by atoms with Gasteiger partial charge in [-0.2, -0.15) is 5.10 Å². The van der Waals surface area contributed by atoms with Crippen LogP contribution in [0.5, 0.6) is 0 Å². The molecule has 1 aliphatic carbocycles. The summed E-state index contributed by atoms with van der Waals surface area (Å²) >= 11 is 0. The van der Waals surface area contributed by atoms with Gasteiger partial charge < -0.3 is 15.6 Å². The Morgan fingerprint density at radius 3 is 2.86 bits per heavy atom. The third-order valence-electron chi connectivity index (χ3n) is 3.89. The van der Waals surface area contributed by atoms with Gasteiger partial charge in [0, 0.05) is 25.5 Å². The largest absolute Gasteiger partial charge is 0.369 e. The van der Waals surface area contributed by atoms with Gasteiger partial charge in [-0.25, -0.2) is 4.52 Å². The molecule has 21 heavy (non-hydrogen) atoms. The first kappa shape index (κ1) is 13.4. The van der Waals surface area contributed by atoms with Crippen LogP contribution in [0.1, 0.15) is 23.2 Å². The molecule has 0 saturated heterocycles. The number of allylic oxidation sites excluding steroid dienone is 1. The van der Waals surface area contributed by atoms with Crippen molar-refractivity contribution >= 4 is 17.5 Å². The van der Waals surface area contributed by atoms with Gasteiger partial charge in [-0.3, -0.25) is 9.59 Å². The van der Waals surface area contributed by atoms with Gasteiger partial charge in [0.05, 0.1) is 12.1 Å². The summed E-state index contributed by atoms with van der Waals surface area (Å²) in [4.78, 5) is 23.9. The number of nitrogens with zero attached hydrogens (tertiary/aromatic N) is 3. The van der Waals surface area contributed by atoms with Crippen molar-refractivity contribution in [1.82, 2.24) is 19.5 Å². The van der Waals surface area contributed by atoms with Crippen LogP contribution in [0.15, 0.2) is 30.7 Å². The molecule has 0 fully saturated rings. The molecule has 0 unspecified atom stereocenters. The van der Waals surface area contributed by atoms with Gasteiger partial charge in [0.15, 0.2) is 0 Å². The summed E-state index contributed by atoms with van der Waals surface area (Å²) in [5.41, 5.74) is 6.61. The van der Waals surface area contributed by atoms with Crippen LogP contribution in [0, 0.1) is 5.92 Å². The van der Waals surface area contributed by atoms with Crippen molar-refractivity contribution in [2.45, 2.75) is 18.9 Å². The minimum atomic E-state index is -0.385. The van der Waals surface area contributed by atoms with E-state index in [4.69, 9.17) is 5.73 Å². The van der Waals surface area contributed by atoms with E-state index in [1.807, 2.05) is 30.0 Å². The summed E-state index contributed by atoms with van der Waals surface area (Å²) in [6.07, 6.45) is 10.2. The number of aryl methyl sites for hydroxylation is 1. The fourth-order valence-electron chi connectivity index (χ4n) is 2.74. The maximum atomic E-state index is 12.5.